The van der Waals surface area contributed by atoms with Gasteiger partial charge in [0.2, 0.25) is 15.4 Å². The first kappa shape index (κ1) is 40.7. The van der Waals surface area contributed by atoms with Gasteiger partial charge >= 0.3 is 5.97 Å². The Balaban J connectivity index is 1.48. The molecule has 1 aliphatic carbocycles. The monoisotopic (exact) mass is 734 g/mol. The molecule has 0 aromatic heterocycles. The number of benzene rings is 3. The molecule has 0 unspecified atom stereocenters. The van der Waals surface area contributed by atoms with Crippen molar-refractivity contribution in [1.82, 2.24) is 9.30 Å². The van der Waals surface area contributed by atoms with Gasteiger partial charge < -0.3 is 18.8 Å². The molecule has 0 atom stereocenters. The normalized spacial score (nSPS) is 12.0. The van der Waals surface area contributed by atoms with Gasteiger partial charge in [-0.25, -0.2) is 22.5 Å². The largest absolute Gasteiger partial charge is 0.458 e. The van der Waals surface area contributed by atoms with E-state index >= 15 is 0 Å². The lowest BCUT2D eigenvalue weighted by Crippen LogP contribution is -2.29. The van der Waals surface area contributed by atoms with Crippen molar-refractivity contribution in [3.63, 3.8) is 0 Å². The van der Waals surface area contributed by atoms with Crippen molar-refractivity contribution in [3.05, 3.63) is 65.5 Å². The number of carbonyl (C=O) groups is 2. The van der Waals surface area contributed by atoms with Crippen molar-refractivity contribution in [2.75, 3.05) is 50.8 Å². The van der Waals surface area contributed by atoms with Crippen molar-refractivity contribution in [2.45, 2.75) is 91.6 Å². The molecule has 0 saturated heterocycles. The number of sulfonamides is 1. The molecule has 2 aromatic rings. The molecule has 4 rings (SSSR count). The van der Waals surface area contributed by atoms with Crippen LogP contribution in [-0.4, -0.2) is 71.7 Å². The number of hydrogen-bond donors (Lipinski definition) is 1. The van der Waals surface area contributed by atoms with Crippen LogP contribution in [0.4, 0.5) is 5.69 Å². The molecule has 0 spiro atoms. The first-order chi connectivity index (χ1) is 24.7. The molecule has 1 aliphatic heterocycles. The van der Waals surface area contributed by atoms with Crippen molar-refractivity contribution in [2.24, 2.45) is 0 Å². The van der Waals surface area contributed by atoms with E-state index in [-0.39, 0.29) is 30.4 Å². The zero-order valence-corrected chi connectivity index (χ0v) is 33.0. The number of ether oxygens (including phenoxy) is 2. The molecule has 52 heavy (non-hydrogen) atoms. The van der Waals surface area contributed by atoms with Gasteiger partial charge in [-0.1, -0.05) is 12.5 Å². The summed E-state index contributed by atoms with van der Waals surface area (Å²) >= 11 is 0. The maximum absolute atomic E-state index is 13.3. The molecular formula is C41H56N3O7S+. The van der Waals surface area contributed by atoms with Gasteiger partial charge in [0.15, 0.2) is 5.78 Å². The van der Waals surface area contributed by atoms with E-state index in [2.05, 4.69) is 78.3 Å². The summed E-state index contributed by atoms with van der Waals surface area (Å²) in [4.78, 5) is 26.3. The zero-order chi connectivity index (χ0) is 38.1. The van der Waals surface area contributed by atoms with Crippen molar-refractivity contribution >= 4 is 38.4 Å². The Morgan fingerprint density at radius 2 is 1.58 bits per heavy atom. The maximum atomic E-state index is 13.3. The second kappa shape index (κ2) is 18.1. The average molecular weight is 735 g/mol. The lowest BCUT2D eigenvalue weighted by molar-refractivity contribution is -0.160. The predicted octanol–water partition coefficient (Wildman–Crippen LogP) is 6.94. The second-order valence-electron chi connectivity index (χ2n) is 14.0. The fourth-order valence-corrected chi connectivity index (χ4v) is 7.58. The van der Waals surface area contributed by atoms with Crippen molar-refractivity contribution in [1.29, 1.82) is 0 Å². The number of fused-ring (bicyclic) bond motifs is 2. The number of aryl methyl sites for hydroxylation is 1. The van der Waals surface area contributed by atoms with E-state index in [4.69, 9.17) is 13.9 Å². The molecular weight excluding hydrogens is 679 g/mol. The van der Waals surface area contributed by atoms with E-state index in [1.54, 1.807) is 32.9 Å². The standard InChI is InChI=1S/C41H56N3O7S/c1-9-43(10-2)30-17-20-35-37(25-30)50-38-26-31(44(11-3)12-4)18-21-36(38)40(35)34-22-19-33(24-29(34)5)52(47,48)42-23-15-13-14-16-32(45)27-49-28-39(46)51-41(6,7)8/h17-22,24-26,42H,9-16,23,27-28H2,1-8H3/q+1. The van der Waals surface area contributed by atoms with E-state index in [0.717, 1.165) is 76.2 Å². The number of nitrogens with zero attached hydrogens (tertiary/aromatic N) is 2. The van der Waals surface area contributed by atoms with Crippen LogP contribution in [0.25, 0.3) is 33.4 Å². The summed E-state index contributed by atoms with van der Waals surface area (Å²) in [6.07, 6.45) is 2.15. The predicted molar refractivity (Wildman–Crippen MR) is 208 cm³/mol. The summed E-state index contributed by atoms with van der Waals surface area (Å²) in [7, 11) is -3.76. The molecule has 2 aromatic carbocycles. The third-order valence-electron chi connectivity index (χ3n) is 9.05. The third-order valence-corrected chi connectivity index (χ3v) is 10.5. The van der Waals surface area contributed by atoms with Gasteiger partial charge in [-0.05, 0) is 110 Å². The van der Waals surface area contributed by atoms with E-state index < -0.39 is 21.6 Å². The second-order valence-corrected chi connectivity index (χ2v) is 15.8. The first-order valence-electron chi connectivity index (χ1n) is 18.5. The number of unbranched alkanes of at least 4 members (excludes halogenated alkanes) is 2. The van der Waals surface area contributed by atoms with Crippen LogP contribution in [0.2, 0.25) is 0 Å². The Hall–Kier alpha value is -4.06. The Kier molecular flexibility index (Phi) is 14.2. The van der Waals surface area contributed by atoms with Gasteiger partial charge in [0.1, 0.15) is 43.2 Å². The van der Waals surface area contributed by atoms with Gasteiger partial charge in [0.25, 0.3) is 0 Å². The number of esters is 1. The highest BCUT2D eigenvalue weighted by molar-refractivity contribution is 7.89. The van der Waals surface area contributed by atoms with Crippen LogP contribution in [0.5, 0.6) is 0 Å². The van der Waals surface area contributed by atoms with Gasteiger partial charge in [-0.2, -0.15) is 0 Å². The molecule has 1 heterocycles. The van der Waals surface area contributed by atoms with Gasteiger partial charge in [0.05, 0.1) is 11.0 Å². The third kappa shape index (κ3) is 10.5. The molecule has 0 saturated carbocycles. The molecule has 11 heteroatoms. The highest BCUT2D eigenvalue weighted by atomic mass is 32.2. The van der Waals surface area contributed by atoms with Crippen LogP contribution in [0.1, 0.15) is 79.7 Å². The van der Waals surface area contributed by atoms with Crippen LogP contribution in [-0.2, 0) is 29.1 Å². The molecule has 2 aliphatic rings. The average Bonchev–Trinajstić information content (AvgIpc) is 3.09. The summed E-state index contributed by atoms with van der Waals surface area (Å²) < 4.78 is 48.6. The smallest absolute Gasteiger partial charge is 0.332 e. The number of rotatable bonds is 18. The molecule has 0 fully saturated rings. The van der Waals surface area contributed by atoms with E-state index in [1.165, 1.54) is 0 Å². The fourth-order valence-electron chi connectivity index (χ4n) is 6.42. The highest BCUT2D eigenvalue weighted by Gasteiger charge is 2.22. The highest BCUT2D eigenvalue weighted by Crippen LogP contribution is 2.42. The van der Waals surface area contributed by atoms with Crippen LogP contribution >= 0.6 is 0 Å². The minimum atomic E-state index is -3.76. The first-order valence-corrected chi connectivity index (χ1v) is 19.9. The van der Waals surface area contributed by atoms with Gasteiger partial charge in [0, 0.05) is 60.4 Å². The molecule has 0 amide bonds. The van der Waals surface area contributed by atoms with Crippen LogP contribution < -0.4 is 19.6 Å². The number of nitrogens with one attached hydrogen (secondary N) is 1. The number of ketones is 1. The number of anilines is 1. The quantitative estimate of drug-likeness (QED) is 0.0506. The topological polar surface area (TPSA) is 118 Å². The van der Waals surface area contributed by atoms with E-state index in [9.17, 15) is 18.0 Å². The summed E-state index contributed by atoms with van der Waals surface area (Å²) in [5.74, 6) is 0.154. The van der Waals surface area contributed by atoms with Crippen LogP contribution in [0.15, 0.2) is 63.9 Å². The Bertz CT molecular complexity index is 2000. The van der Waals surface area contributed by atoms with E-state index in [0.29, 0.717) is 25.7 Å². The molecule has 10 nitrogen and oxygen atoms in total. The van der Waals surface area contributed by atoms with E-state index in [1.807, 2.05) is 13.0 Å². The lowest BCUT2D eigenvalue weighted by atomic mass is 9.91. The fraction of sp³-hybridized carbons (Fsp3) is 0.488. The molecule has 1 N–H and O–H groups in total. The van der Waals surface area contributed by atoms with Gasteiger partial charge in [-0.15, -0.1) is 0 Å². The minimum Gasteiger partial charge on any atom is -0.458 e. The Morgan fingerprint density at radius 3 is 2.23 bits per heavy atom. The van der Waals surface area contributed by atoms with Crippen molar-refractivity contribution < 1.29 is 31.9 Å². The Morgan fingerprint density at radius 1 is 0.865 bits per heavy atom. The van der Waals surface area contributed by atoms with Crippen molar-refractivity contribution in [3.8, 4) is 22.5 Å². The van der Waals surface area contributed by atoms with Crippen LogP contribution in [0.3, 0.4) is 0 Å². The summed E-state index contributed by atoms with van der Waals surface area (Å²) in [6, 6.07) is 17.9. The maximum Gasteiger partial charge on any atom is 0.332 e. The SMILES string of the molecule is CCN(CC)c1ccc2c(-c3ccc(S(=O)(=O)NCCCCCC(=O)COCC(=O)OC(C)(C)C)cc3C)c3ccc(=[N+](CC)CC)cc-3oc2c1. The molecule has 0 radical (unpaired) electrons. The number of Topliss-reactive ketones (excluding diaryl/α,β-unsaturated/α-hetero) is 1. The summed E-state index contributed by atoms with van der Waals surface area (Å²) in [6.45, 7) is 19.2. The zero-order valence-electron chi connectivity index (χ0n) is 32.1. The molecule has 0 bridgehead atoms. The number of hydrogen-bond acceptors (Lipinski definition) is 8. The minimum absolute atomic E-state index is 0.110. The summed E-state index contributed by atoms with van der Waals surface area (Å²) in [5.41, 5.74) is 5.00. The Labute approximate surface area is 309 Å². The van der Waals surface area contributed by atoms with Gasteiger partial charge in [-0.3, -0.25) is 4.79 Å². The summed E-state index contributed by atoms with van der Waals surface area (Å²) in [5, 5.41) is 2.05. The molecule has 282 valence electrons. The van der Waals surface area contributed by atoms with Crippen LogP contribution in [0, 0.1) is 6.92 Å². The lowest BCUT2D eigenvalue weighted by Gasteiger charge is -2.22. The number of carbonyl (C=O) groups excluding carboxylic acids is 2.